The lowest BCUT2D eigenvalue weighted by atomic mass is 10.1. The topological polar surface area (TPSA) is 149 Å². The summed E-state index contributed by atoms with van der Waals surface area (Å²) in [4.78, 5) is 11.2. The molecule has 1 amide bonds. The van der Waals surface area contributed by atoms with Gasteiger partial charge in [0.25, 0.3) is 5.91 Å². The standard InChI is InChI=1S/C15H16ClN3O5S2/c1-8-3-9(2)5-10(4-8)15(20)19-12-6-11(16)13(25(17,21)22)7-14(12)26(18,23)24/h3-7H,1-2H3,(H,19,20)(H2,17,21,22)(H2,18,23,24). The zero-order valence-corrected chi connectivity index (χ0v) is 16.2. The summed E-state index contributed by atoms with van der Waals surface area (Å²) in [6.45, 7) is 3.61. The number of amides is 1. The monoisotopic (exact) mass is 417 g/mol. The molecule has 0 unspecified atom stereocenters. The summed E-state index contributed by atoms with van der Waals surface area (Å²) in [5, 5.41) is 12.2. The van der Waals surface area contributed by atoms with E-state index < -0.39 is 35.7 Å². The van der Waals surface area contributed by atoms with Crippen LogP contribution in [0.4, 0.5) is 5.69 Å². The number of hydrogen-bond donors (Lipinski definition) is 3. The molecule has 26 heavy (non-hydrogen) atoms. The number of sulfonamides is 2. The van der Waals surface area contributed by atoms with Crippen molar-refractivity contribution in [1.29, 1.82) is 0 Å². The van der Waals surface area contributed by atoms with Gasteiger partial charge in [-0.25, -0.2) is 27.1 Å². The van der Waals surface area contributed by atoms with Gasteiger partial charge in [0.15, 0.2) is 0 Å². The molecular formula is C15H16ClN3O5S2. The molecule has 11 heteroatoms. The zero-order chi connectivity index (χ0) is 19.9. The number of aryl methyl sites for hydroxylation is 2. The van der Waals surface area contributed by atoms with Gasteiger partial charge in [0.2, 0.25) is 20.0 Å². The Hall–Kier alpha value is -1.98. The van der Waals surface area contributed by atoms with Crippen LogP contribution in [-0.4, -0.2) is 22.7 Å². The van der Waals surface area contributed by atoms with E-state index in [4.69, 9.17) is 21.9 Å². The molecular weight excluding hydrogens is 402 g/mol. The van der Waals surface area contributed by atoms with Crippen molar-refractivity contribution in [2.24, 2.45) is 10.3 Å². The molecule has 0 aliphatic carbocycles. The van der Waals surface area contributed by atoms with Gasteiger partial charge in [-0.3, -0.25) is 4.79 Å². The summed E-state index contributed by atoms with van der Waals surface area (Å²) in [5.74, 6) is -0.610. The van der Waals surface area contributed by atoms with Crippen molar-refractivity contribution in [1.82, 2.24) is 0 Å². The second-order valence-electron chi connectivity index (χ2n) is 5.70. The first-order chi connectivity index (χ1) is 11.8. The molecule has 140 valence electrons. The van der Waals surface area contributed by atoms with Gasteiger partial charge in [-0.1, -0.05) is 28.8 Å². The van der Waals surface area contributed by atoms with E-state index in [9.17, 15) is 21.6 Å². The molecule has 0 spiro atoms. The second-order valence-corrected chi connectivity index (χ2v) is 9.17. The predicted octanol–water partition coefficient (Wildman–Crippen LogP) is 1.50. The first kappa shape index (κ1) is 20.3. The van der Waals surface area contributed by atoms with Crippen molar-refractivity contribution in [2.75, 3.05) is 5.32 Å². The van der Waals surface area contributed by atoms with Gasteiger partial charge in [-0.2, -0.15) is 0 Å². The fourth-order valence-electron chi connectivity index (χ4n) is 2.39. The Morgan fingerprint density at radius 2 is 1.38 bits per heavy atom. The van der Waals surface area contributed by atoms with Crippen LogP contribution in [0.1, 0.15) is 21.5 Å². The first-order valence-electron chi connectivity index (χ1n) is 7.08. The van der Waals surface area contributed by atoms with Gasteiger partial charge >= 0.3 is 0 Å². The molecule has 0 radical (unpaired) electrons. The molecule has 0 fully saturated rings. The number of anilines is 1. The van der Waals surface area contributed by atoms with Crippen LogP contribution in [0, 0.1) is 13.8 Å². The Balaban J connectivity index is 2.59. The fourth-order valence-corrected chi connectivity index (χ4v) is 4.26. The molecule has 0 saturated carbocycles. The molecule has 0 saturated heterocycles. The van der Waals surface area contributed by atoms with E-state index >= 15 is 0 Å². The van der Waals surface area contributed by atoms with E-state index in [1.807, 2.05) is 6.07 Å². The van der Waals surface area contributed by atoms with E-state index in [-0.39, 0.29) is 16.3 Å². The smallest absolute Gasteiger partial charge is 0.255 e. The van der Waals surface area contributed by atoms with Crippen LogP contribution >= 0.6 is 11.6 Å². The summed E-state index contributed by atoms with van der Waals surface area (Å²) in [7, 11) is -8.66. The van der Waals surface area contributed by atoms with Crippen molar-refractivity contribution in [3.8, 4) is 0 Å². The molecule has 5 N–H and O–H groups in total. The van der Waals surface area contributed by atoms with Crippen molar-refractivity contribution < 1.29 is 21.6 Å². The number of hydrogen-bond acceptors (Lipinski definition) is 5. The van der Waals surface area contributed by atoms with Crippen LogP contribution in [0.3, 0.4) is 0 Å². The van der Waals surface area contributed by atoms with Crippen LogP contribution in [0.25, 0.3) is 0 Å². The van der Waals surface area contributed by atoms with Crippen LogP contribution < -0.4 is 15.6 Å². The summed E-state index contributed by atoms with van der Waals surface area (Å²) in [5.41, 5.74) is 1.71. The second kappa shape index (κ2) is 6.97. The van der Waals surface area contributed by atoms with Gasteiger partial charge in [-0.05, 0) is 38.1 Å². The SMILES string of the molecule is Cc1cc(C)cc(C(=O)Nc2cc(Cl)c(S(N)(=O)=O)cc2S(N)(=O)=O)c1. The highest BCUT2D eigenvalue weighted by Crippen LogP contribution is 2.31. The summed E-state index contributed by atoms with van der Waals surface area (Å²) in [6, 6.07) is 6.77. The Morgan fingerprint density at radius 1 is 0.885 bits per heavy atom. The van der Waals surface area contributed by atoms with Gasteiger partial charge in [0.05, 0.1) is 10.7 Å². The van der Waals surface area contributed by atoms with Gasteiger partial charge < -0.3 is 5.32 Å². The first-order valence-corrected chi connectivity index (χ1v) is 10.5. The molecule has 0 aliphatic rings. The van der Waals surface area contributed by atoms with E-state index in [1.165, 1.54) is 0 Å². The van der Waals surface area contributed by atoms with Crippen molar-refractivity contribution >= 4 is 43.2 Å². The Kier molecular flexibility index (Phi) is 5.45. The Bertz CT molecular complexity index is 1090. The third kappa shape index (κ3) is 4.59. The van der Waals surface area contributed by atoms with E-state index in [1.54, 1.807) is 26.0 Å². The maximum absolute atomic E-state index is 12.5. The number of nitrogens with two attached hydrogens (primary N) is 2. The quantitative estimate of drug-likeness (QED) is 0.688. The van der Waals surface area contributed by atoms with Gasteiger partial charge in [0, 0.05) is 5.56 Å². The largest absolute Gasteiger partial charge is 0.321 e. The summed E-state index contributed by atoms with van der Waals surface area (Å²) < 4.78 is 46.7. The number of carbonyl (C=O) groups excluding carboxylic acids is 1. The predicted molar refractivity (Wildman–Crippen MR) is 98.1 cm³/mol. The zero-order valence-electron chi connectivity index (χ0n) is 13.8. The van der Waals surface area contributed by atoms with Crippen molar-refractivity contribution in [2.45, 2.75) is 23.6 Å². The van der Waals surface area contributed by atoms with E-state index in [2.05, 4.69) is 5.32 Å². The number of rotatable bonds is 4. The Morgan fingerprint density at radius 3 is 1.85 bits per heavy atom. The number of nitrogens with one attached hydrogen (secondary N) is 1. The van der Waals surface area contributed by atoms with Gasteiger partial charge in [-0.15, -0.1) is 0 Å². The third-order valence-corrected chi connectivity index (χ3v) is 5.71. The average molecular weight is 418 g/mol. The van der Waals surface area contributed by atoms with Crippen LogP contribution in [-0.2, 0) is 20.0 Å². The van der Waals surface area contributed by atoms with Crippen LogP contribution in [0.2, 0.25) is 5.02 Å². The number of carbonyl (C=O) groups is 1. The number of halogens is 1. The minimum Gasteiger partial charge on any atom is -0.321 e. The van der Waals surface area contributed by atoms with E-state index in [0.29, 0.717) is 6.07 Å². The summed E-state index contributed by atoms with van der Waals surface area (Å²) in [6.07, 6.45) is 0. The molecule has 0 aliphatic heterocycles. The van der Waals surface area contributed by atoms with Gasteiger partial charge in [0.1, 0.15) is 9.79 Å². The molecule has 2 rings (SSSR count). The lowest BCUT2D eigenvalue weighted by Crippen LogP contribution is -2.20. The van der Waals surface area contributed by atoms with Crippen LogP contribution in [0.15, 0.2) is 40.1 Å². The highest BCUT2D eigenvalue weighted by molar-refractivity contribution is 7.90. The maximum Gasteiger partial charge on any atom is 0.255 e. The highest BCUT2D eigenvalue weighted by atomic mass is 35.5. The number of primary sulfonamides is 2. The maximum atomic E-state index is 12.5. The molecule has 2 aromatic rings. The molecule has 0 bridgehead atoms. The van der Waals surface area contributed by atoms with E-state index in [0.717, 1.165) is 17.2 Å². The minimum atomic E-state index is -4.37. The molecule has 0 heterocycles. The number of benzene rings is 2. The average Bonchev–Trinajstić information content (AvgIpc) is 2.43. The lowest BCUT2D eigenvalue weighted by Gasteiger charge is -2.13. The van der Waals surface area contributed by atoms with Crippen LogP contribution in [0.5, 0.6) is 0 Å². The molecule has 0 atom stereocenters. The molecule has 0 aromatic heterocycles. The fraction of sp³-hybridized carbons (Fsp3) is 0.133. The minimum absolute atomic E-state index is 0.256. The lowest BCUT2D eigenvalue weighted by molar-refractivity contribution is 0.102. The molecule has 8 nitrogen and oxygen atoms in total. The third-order valence-electron chi connectivity index (χ3n) is 3.38. The highest BCUT2D eigenvalue weighted by Gasteiger charge is 2.23. The molecule has 2 aromatic carbocycles. The Labute approximate surface area is 156 Å². The normalized spacial score (nSPS) is 12.0. The van der Waals surface area contributed by atoms with Crippen molar-refractivity contribution in [3.63, 3.8) is 0 Å². The summed E-state index contributed by atoms with van der Waals surface area (Å²) >= 11 is 5.87. The van der Waals surface area contributed by atoms with Crippen molar-refractivity contribution in [3.05, 3.63) is 52.0 Å².